The second-order valence-corrected chi connectivity index (χ2v) is 6.07. The van der Waals surface area contributed by atoms with Crippen LogP contribution in [-0.4, -0.2) is 33.8 Å². The van der Waals surface area contributed by atoms with Gasteiger partial charge < -0.3 is 9.26 Å². The van der Waals surface area contributed by atoms with Gasteiger partial charge in [-0.05, 0) is 18.1 Å². The summed E-state index contributed by atoms with van der Waals surface area (Å²) in [5, 5.41) is 3.87. The van der Waals surface area contributed by atoms with Gasteiger partial charge in [-0.3, -0.25) is 4.21 Å². The third-order valence-corrected chi connectivity index (χ3v) is 4.12. The molecule has 0 spiro atoms. The molecule has 0 fully saturated rings. The molecule has 0 N–H and O–H groups in total. The van der Waals surface area contributed by atoms with Gasteiger partial charge in [-0.25, -0.2) is 0 Å². The number of hydrogen-bond donors (Lipinski definition) is 0. The average Bonchev–Trinajstić information content (AvgIpc) is 2.86. The van der Waals surface area contributed by atoms with Crippen LogP contribution in [0.1, 0.15) is 22.8 Å². The number of ether oxygens (including phenoxy) is 1. The highest BCUT2D eigenvalue weighted by molar-refractivity contribution is 7.84. The minimum absolute atomic E-state index is 0.306. The fourth-order valence-corrected chi connectivity index (χ4v) is 2.69. The second kappa shape index (κ2) is 7.31. The van der Waals surface area contributed by atoms with E-state index in [0.717, 1.165) is 5.56 Å². The Kier molecular flexibility index (Phi) is 5.43. The molecule has 1 atom stereocenters. The Hall–Kier alpha value is -1.53. The van der Waals surface area contributed by atoms with Gasteiger partial charge in [-0.15, -0.1) is 0 Å². The normalized spacial score (nSPS) is 12.5. The van der Waals surface area contributed by atoms with Gasteiger partial charge in [-0.2, -0.15) is 4.98 Å². The number of hydrogen-bond acceptors (Lipinski definition) is 5. The van der Waals surface area contributed by atoms with Gasteiger partial charge in [0.25, 0.3) is 0 Å². The highest BCUT2D eigenvalue weighted by Gasteiger charge is 2.11. The number of benzene rings is 1. The molecular formula is C14H18N2O3S. The van der Waals surface area contributed by atoms with Gasteiger partial charge in [0.1, 0.15) is 0 Å². The minimum Gasteiger partial charge on any atom is -0.384 e. The molecule has 2 aromatic rings. The molecule has 0 bridgehead atoms. The predicted octanol–water partition coefficient (Wildman–Crippen LogP) is 1.86. The van der Waals surface area contributed by atoms with E-state index < -0.39 is 10.8 Å². The fourth-order valence-electron chi connectivity index (χ4n) is 1.78. The van der Waals surface area contributed by atoms with Gasteiger partial charge in [0.15, 0.2) is 5.82 Å². The van der Waals surface area contributed by atoms with Crippen molar-refractivity contribution in [2.75, 3.05) is 19.5 Å². The zero-order valence-corrected chi connectivity index (χ0v) is 12.5. The van der Waals surface area contributed by atoms with Gasteiger partial charge >= 0.3 is 0 Å². The molecule has 0 amide bonds. The molecule has 108 valence electrons. The van der Waals surface area contributed by atoms with Crippen LogP contribution in [-0.2, 0) is 27.7 Å². The lowest BCUT2D eigenvalue weighted by Crippen LogP contribution is -2.07. The molecule has 1 aromatic heterocycles. The molecule has 0 saturated heterocycles. The number of aromatic nitrogens is 2. The van der Waals surface area contributed by atoms with Crippen LogP contribution >= 0.6 is 0 Å². The third-order valence-electron chi connectivity index (χ3n) is 2.92. The third kappa shape index (κ3) is 4.25. The smallest absolute Gasteiger partial charge is 0.231 e. The van der Waals surface area contributed by atoms with E-state index in [2.05, 4.69) is 10.1 Å². The van der Waals surface area contributed by atoms with Gasteiger partial charge in [0, 0.05) is 23.7 Å². The van der Waals surface area contributed by atoms with Gasteiger partial charge in [-0.1, -0.05) is 29.4 Å². The summed E-state index contributed by atoms with van der Waals surface area (Å²) >= 11 is 0. The summed E-state index contributed by atoms with van der Waals surface area (Å²) in [5.74, 6) is 1.83. The maximum absolute atomic E-state index is 11.7. The number of nitrogens with zero attached hydrogens (tertiary/aromatic N) is 2. The molecular weight excluding hydrogens is 276 g/mol. The van der Waals surface area contributed by atoms with Crippen molar-refractivity contribution in [3.8, 4) is 0 Å². The summed E-state index contributed by atoms with van der Waals surface area (Å²) in [6.07, 6.45) is 0.602. The van der Waals surface area contributed by atoms with Crippen LogP contribution < -0.4 is 0 Å². The SMILES string of the molecule is COCC[S@@](=O)Cc1noc(Cc2ccccc2C)n1. The highest BCUT2D eigenvalue weighted by atomic mass is 32.2. The van der Waals surface area contributed by atoms with Crippen LogP contribution in [0.5, 0.6) is 0 Å². The largest absolute Gasteiger partial charge is 0.384 e. The second-order valence-electron chi connectivity index (χ2n) is 4.49. The predicted molar refractivity (Wildman–Crippen MR) is 76.9 cm³/mol. The van der Waals surface area contributed by atoms with Gasteiger partial charge in [0.05, 0.1) is 18.8 Å². The van der Waals surface area contributed by atoms with Crippen LogP contribution in [0.2, 0.25) is 0 Å². The Morgan fingerprint density at radius 2 is 2.15 bits per heavy atom. The van der Waals surface area contributed by atoms with Crippen molar-refractivity contribution in [2.24, 2.45) is 0 Å². The van der Waals surface area contributed by atoms with E-state index in [-0.39, 0.29) is 0 Å². The maximum Gasteiger partial charge on any atom is 0.231 e. The van der Waals surface area contributed by atoms with E-state index in [1.165, 1.54) is 5.56 Å². The van der Waals surface area contributed by atoms with E-state index in [1.54, 1.807) is 7.11 Å². The monoisotopic (exact) mass is 294 g/mol. The topological polar surface area (TPSA) is 65.2 Å². The van der Waals surface area contributed by atoms with E-state index in [4.69, 9.17) is 9.26 Å². The maximum atomic E-state index is 11.7. The zero-order valence-electron chi connectivity index (χ0n) is 11.7. The Balaban J connectivity index is 1.96. The Bertz CT molecular complexity index is 583. The lowest BCUT2D eigenvalue weighted by atomic mass is 10.1. The molecule has 0 aliphatic rings. The standard InChI is InChI=1S/C14H18N2O3S/c1-11-5-3-4-6-12(11)9-14-15-13(16-19-14)10-20(17)8-7-18-2/h3-6H,7-10H2,1-2H3/t20-/m1/s1. The average molecular weight is 294 g/mol. The van der Waals surface area contributed by atoms with Crippen molar-refractivity contribution >= 4 is 10.8 Å². The van der Waals surface area contributed by atoms with Crippen molar-refractivity contribution < 1.29 is 13.5 Å². The van der Waals surface area contributed by atoms with Crippen LogP contribution in [0.4, 0.5) is 0 Å². The summed E-state index contributed by atoms with van der Waals surface area (Å²) in [4.78, 5) is 4.28. The molecule has 0 unspecified atom stereocenters. The molecule has 0 aliphatic carbocycles. The number of aryl methyl sites for hydroxylation is 1. The van der Waals surface area contributed by atoms with E-state index in [1.807, 2.05) is 31.2 Å². The first-order valence-electron chi connectivity index (χ1n) is 6.39. The van der Waals surface area contributed by atoms with Crippen molar-refractivity contribution in [3.05, 3.63) is 47.1 Å². The molecule has 0 radical (unpaired) electrons. The van der Waals surface area contributed by atoms with Crippen molar-refractivity contribution in [1.82, 2.24) is 10.1 Å². The summed E-state index contributed by atoms with van der Waals surface area (Å²) in [7, 11) is 0.571. The van der Waals surface area contributed by atoms with Crippen LogP contribution in [0.3, 0.4) is 0 Å². The first-order valence-corrected chi connectivity index (χ1v) is 7.87. The molecule has 0 aliphatic heterocycles. The highest BCUT2D eigenvalue weighted by Crippen LogP contribution is 2.12. The quantitative estimate of drug-likeness (QED) is 0.780. The lowest BCUT2D eigenvalue weighted by Gasteiger charge is -2.00. The first kappa shape index (κ1) is 14.9. The lowest BCUT2D eigenvalue weighted by molar-refractivity contribution is 0.218. The minimum atomic E-state index is -1.02. The van der Waals surface area contributed by atoms with E-state index >= 15 is 0 Å². The molecule has 6 heteroatoms. The zero-order chi connectivity index (χ0) is 14.4. The van der Waals surface area contributed by atoms with E-state index in [0.29, 0.717) is 36.2 Å². The summed E-state index contributed by atoms with van der Waals surface area (Å²) in [5.41, 5.74) is 2.35. The first-order chi connectivity index (χ1) is 9.69. The van der Waals surface area contributed by atoms with Crippen molar-refractivity contribution in [1.29, 1.82) is 0 Å². The van der Waals surface area contributed by atoms with Crippen LogP contribution in [0, 0.1) is 6.92 Å². The van der Waals surface area contributed by atoms with Gasteiger partial charge in [0.2, 0.25) is 5.89 Å². The Morgan fingerprint density at radius 1 is 1.35 bits per heavy atom. The number of methoxy groups -OCH3 is 1. The molecule has 0 saturated carbocycles. The van der Waals surface area contributed by atoms with Crippen LogP contribution in [0.15, 0.2) is 28.8 Å². The van der Waals surface area contributed by atoms with Crippen molar-refractivity contribution in [3.63, 3.8) is 0 Å². The Morgan fingerprint density at radius 3 is 2.90 bits per heavy atom. The summed E-state index contributed by atoms with van der Waals surface area (Å²) in [6, 6.07) is 8.07. The number of rotatable bonds is 7. The molecule has 20 heavy (non-hydrogen) atoms. The van der Waals surface area contributed by atoms with Crippen LogP contribution in [0.25, 0.3) is 0 Å². The fraction of sp³-hybridized carbons (Fsp3) is 0.429. The molecule has 5 nitrogen and oxygen atoms in total. The summed E-state index contributed by atoms with van der Waals surface area (Å²) < 4.78 is 21.8. The molecule has 1 heterocycles. The molecule has 2 rings (SSSR count). The van der Waals surface area contributed by atoms with E-state index in [9.17, 15) is 4.21 Å². The Labute approximate surface area is 120 Å². The van der Waals surface area contributed by atoms with Crippen molar-refractivity contribution in [2.45, 2.75) is 19.1 Å². The molecule has 1 aromatic carbocycles. The summed E-state index contributed by atoms with van der Waals surface area (Å²) in [6.45, 7) is 2.52.